The molecule has 9 heteroatoms. The molecule has 32 heavy (non-hydrogen) atoms. The number of fused-ring (bicyclic) bond motifs is 1. The van der Waals surface area contributed by atoms with Crippen LogP contribution in [0.5, 0.6) is 0 Å². The largest absolute Gasteiger partial charge is 0.367 e. The molecule has 3 aromatic rings. The van der Waals surface area contributed by atoms with E-state index in [1.165, 1.54) is 12.8 Å². The topological polar surface area (TPSA) is 129 Å². The highest BCUT2D eigenvalue weighted by molar-refractivity contribution is 5.91. The first kappa shape index (κ1) is 19.0. The van der Waals surface area contributed by atoms with Crippen LogP contribution >= 0.6 is 0 Å². The first-order chi connectivity index (χ1) is 15.7. The van der Waals surface area contributed by atoms with Gasteiger partial charge in [0.25, 0.3) is 0 Å². The first-order valence-corrected chi connectivity index (χ1v) is 11.1. The maximum Gasteiger partial charge on any atom is 0.154 e. The smallest absolute Gasteiger partial charge is 0.154 e. The van der Waals surface area contributed by atoms with E-state index in [2.05, 4.69) is 36.8 Å². The molecule has 6 heterocycles. The van der Waals surface area contributed by atoms with Crippen molar-refractivity contribution in [1.29, 1.82) is 10.5 Å². The van der Waals surface area contributed by atoms with E-state index >= 15 is 0 Å². The zero-order valence-electron chi connectivity index (χ0n) is 17.5. The molecule has 0 radical (unpaired) electrons. The van der Waals surface area contributed by atoms with Crippen molar-refractivity contribution in [2.45, 2.75) is 62.2 Å². The van der Waals surface area contributed by atoms with Gasteiger partial charge >= 0.3 is 0 Å². The summed E-state index contributed by atoms with van der Waals surface area (Å²) in [5.41, 5.74) is 1.56. The van der Waals surface area contributed by atoms with Crippen LogP contribution in [0.25, 0.3) is 10.9 Å². The Bertz CT molecular complexity index is 1250. The molecule has 0 saturated carbocycles. The van der Waals surface area contributed by atoms with Crippen molar-refractivity contribution >= 4 is 28.4 Å². The number of pyridine rings is 2. The quantitative estimate of drug-likeness (QED) is 0.548. The van der Waals surface area contributed by atoms with Crippen LogP contribution in [0, 0.1) is 22.7 Å². The number of nitrogens with zero attached hydrogens (tertiary/aromatic N) is 6. The molecule has 0 aromatic carbocycles. The second-order valence-electron chi connectivity index (χ2n) is 9.15. The number of anilines is 3. The van der Waals surface area contributed by atoms with Crippen molar-refractivity contribution in [3.8, 4) is 12.1 Å². The van der Waals surface area contributed by atoms with E-state index in [4.69, 9.17) is 15.5 Å². The monoisotopic (exact) mass is 425 g/mol. The molecule has 2 unspecified atom stereocenters. The van der Waals surface area contributed by atoms with Crippen LogP contribution in [0.4, 0.5) is 17.5 Å². The average molecular weight is 426 g/mol. The lowest BCUT2D eigenvalue weighted by Crippen LogP contribution is -2.81. The van der Waals surface area contributed by atoms with E-state index in [1.807, 2.05) is 24.3 Å². The summed E-state index contributed by atoms with van der Waals surface area (Å²) in [7, 11) is 0. The third-order valence-electron chi connectivity index (χ3n) is 7.28. The van der Waals surface area contributed by atoms with Gasteiger partial charge in [0.1, 0.15) is 23.4 Å². The van der Waals surface area contributed by atoms with Crippen molar-refractivity contribution in [2.75, 3.05) is 10.6 Å². The predicted molar refractivity (Wildman–Crippen MR) is 119 cm³/mol. The van der Waals surface area contributed by atoms with Gasteiger partial charge in [0.05, 0.1) is 11.6 Å². The van der Waals surface area contributed by atoms with E-state index in [1.54, 1.807) is 12.3 Å². The van der Waals surface area contributed by atoms with Crippen molar-refractivity contribution in [3.05, 3.63) is 36.2 Å². The van der Waals surface area contributed by atoms with E-state index < -0.39 is 0 Å². The molecule has 0 bridgehead atoms. The fraction of sp³-hybridized carbons (Fsp3) is 0.435. The fourth-order valence-electron chi connectivity index (χ4n) is 6.12. The average Bonchev–Trinajstić information content (AvgIpc) is 3.22. The number of hydrogen-bond donors (Lipinski definition) is 3. The summed E-state index contributed by atoms with van der Waals surface area (Å²) in [5.74, 6) is 2.00. The van der Waals surface area contributed by atoms with Gasteiger partial charge in [-0.05, 0) is 44.2 Å². The lowest BCUT2D eigenvalue weighted by molar-refractivity contribution is -0.222. The van der Waals surface area contributed by atoms with Gasteiger partial charge in [-0.3, -0.25) is 15.0 Å². The predicted octanol–water partition coefficient (Wildman–Crippen LogP) is 3.43. The highest BCUT2D eigenvalue weighted by Crippen LogP contribution is 2.58. The molecule has 3 aromatic heterocycles. The molecular formula is C23H23N9. The summed E-state index contributed by atoms with van der Waals surface area (Å²) in [6.45, 7) is 0. The zero-order valence-corrected chi connectivity index (χ0v) is 17.5. The molecule has 3 saturated heterocycles. The summed E-state index contributed by atoms with van der Waals surface area (Å²) < 4.78 is 0. The highest BCUT2D eigenvalue weighted by Gasteiger charge is 2.64. The van der Waals surface area contributed by atoms with Gasteiger partial charge in [-0.25, -0.2) is 4.98 Å². The molecular weight excluding hydrogens is 402 g/mol. The van der Waals surface area contributed by atoms with Gasteiger partial charge in [-0.2, -0.15) is 15.6 Å². The fourth-order valence-corrected chi connectivity index (χ4v) is 6.12. The lowest BCUT2D eigenvalue weighted by Gasteiger charge is -2.74. The van der Waals surface area contributed by atoms with Crippen LogP contribution in [0.1, 0.15) is 44.2 Å². The van der Waals surface area contributed by atoms with E-state index in [0.717, 1.165) is 36.0 Å². The highest BCUT2D eigenvalue weighted by atomic mass is 15.4. The number of piperidine rings is 2. The van der Waals surface area contributed by atoms with Crippen LogP contribution in [-0.2, 0) is 0 Å². The van der Waals surface area contributed by atoms with Crippen LogP contribution in [0.15, 0.2) is 30.5 Å². The second kappa shape index (κ2) is 7.18. The summed E-state index contributed by atoms with van der Waals surface area (Å²) in [6, 6.07) is 13.4. The number of H-pyrrole nitrogens is 1. The van der Waals surface area contributed by atoms with E-state index in [-0.39, 0.29) is 0 Å². The maximum absolute atomic E-state index is 9.01. The molecule has 3 N–H and O–H groups in total. The van der Waals surface area contributed by atoms with E-state index in [0.29, 0.717) is 47.4 Å². The summed E-state index contributed by atoms with van der Waals surface area (Å²) in [5, 5.41) is 32.6. The summed E-state index contributed by atoms with van der Waals surface area (Å²) in [6.07, 6.45) is 8.06. The minimum absolute atomic E-state index is 0.320. The van der Waals surface area contributed by atoms with Gasteiger partial charge in [0, 0.05) is 53.8 Å². The Kier molecular flexibility index (Phi) is 4.27. The summed E-state index contributed by atoms with van der Waals surface area (Å²) >= 11 is 0. The number of hydrogen-bond acceptors (Lipinski definition) is 8. The SMILES string of the molecule is N#CCCC12C[C@H]3CC(Nc4nc(Nc5cc(C#N)[nH]n5)cc5ncccc45)C[C@@H](C1)N32. The Hall–Kier alpha value is -3.69. The minimum atomic E-state index is 0.320. The second-order valence-corrected chi connectivity index (χ2v) is 9.15. The molecule has 9 nitrogen and oxygen atoms in total. The normalized spacial score (nSPS) is 28.0. The Morgan fingerprint density at radius 1 is 1.19 bits per heavy atom. The number of aromatic nitrogens is 4. The molecule has 3 fully saturated rings. The van der Waals surface area contributed by atoms with Crippen molar-refractivity contribution in [1.82, 2.24) is 25.1 Å². The molecule has 0 aliphatic carbocycles. The van der Waals surface area contributed by atoms with Gasteiger partial charge in [0.2, 0.25) is 0 Å². The Balaban J connectivity index is 1.22. The third kappa shape index (κ3) is 2.97. The van der Waals surface area contributed by atoms with Crippen molar-refractivity contribution < 1.29 is 0 Å². The minimum Gasteiger partial charge on any atom is -0.367 e. The first-order valence-electron chi connectivity index (χ1n) is 11.1. The lowest BCUT2D eigenvalue weighted by atomic mass is 9.57. The Morgan fingerprint density at radius 3 is 2.78 bits per heavy atom. The molecule has 0 spiro atoms. The number of aromatic amines is 1. The zero-order chi connectivity index (χ0) is 21.7. The maximum atomic E-state index is 9.01. The van der Waals surface area contributed by atoms with Crippen molar-refractivity contribution in [3.63, 3.8) is 0 Å². The third-order valence-corrected chi connectivity index (χ3v) is 7.28. The van der Waals surface area contributed by atoms with Gasteiger partial charge in [-0.1, -0.05) is 0 Å². The van der Waals surface area contributed by atoms with Crippen molar-refractivity contribution in [2.24, 2.45) is 0 Å². The molecule has 3 aliphatic rings. The number of nitriles is 2. The van der Waals surface area contributed by atoms with Gasteiger partial charge in [-0.15, -0.1) is 0 Å². The Morgan fingerprint density at radius 2 is 2.03 bits per heavy atom. The van der Waals surface area contributed by atoms with E-state index in [9.17, 15) is 0 Å². The number of rotatable bonds is 6. The molecule has 4 atom stereocenters. The molecule has 3 aliphatic heterocycles. The van der Waals surface area contributed by atoms with Crippen LogP contribution in [0.3, 0.4) is 0 Å². The molecule has 0 amide bonds. The Labute approximate surface area is 185 Å². The summed E-state index contributed by atoms with van der Waals surface area (Å²) in [4.78, 5) is 12.0. The van der Waals surface area contributed by atoms with Gasteiger partial charge in [0.15, 0.2) is 5.82 Å². The standard InChI is InChI=1S/C23H23N9/c24-5-2-4-23-11-16-7-14(8-17(12-23)32(16)23)27-22-18-3-1-6-26-19(18)10-20(29-22)28-21-9-15(13-25)30-31-21/h1,3,6,9-10,14,16-17H,2,4,7-8,11-12H2,(H3,27,28,29,30,31)/t14?,16-,17+,23?. The number of nitrogens with one attached hydrogen (secondary N) is 3. The van der Waals surface area contributed by atoms with Gasteiger partial charge < -0.3 is 10.6 Å². The van der Waals surface area contributed by atoms with Crippen LogP contribution in [-0.4, -0.2) is 48.7 Å². The van der Waals surface area contributed by atoms with Crippen LogP contribution < -0.4 is 10.6 Å². The van der Waals surface area contributed by atoms with Crippen LogP contribution in [0.2, 0.25) is 0 Å². The molecule has 160 valence electrons. The molecule has 6 rings (SSSR count).